The van der Waals surface area contributed by atoms with Crippen molar-refractivity contribution < 1.29 is 18.7 Å². The molecule has 2 rings (SSSR count). The molecule has 2 amide bonds. The van der Waals surface area contributed by atoms with Gasteiger partial charge in [0.2, 0.25) is 5.91 Å². The monoisotopic (exact) mass is 372 g/mol. The van der Waals surface area contributed by atoms with Crippen molar-refractivity contribution in [1.29, 1.82) is 0 Å². The Balaban J connectivity index is 2.14. The van der Waals surface area contributed by atoms with E-state index in [1.807, 2.05) is 19.1 Å². The summed E-state index contributed by atoms with van der Waals surface area (Å²) in [7, 11) is 0. The molecule has 6 heteroatoms. The van der Waals surface area contributed by atoms with E-state index in [9.17, 15) is 14.0 Å². The van der Waals surface area contributed by atoms with Crippen LogP contribution in [-0.4, -0.2) is 35.9 Å². The van der Waals surface area contributed by atoms with E-state index in [1.54, 1.807) is 44.2 Å². The predicted octanol–water partition coefficient (Wildman–Crippen LogP) is 3.07. The second-order valence-electron chi connectivity index (χ2n) is 6.29. The standard InChI is InChI=1S/C21H25FN2O3/c1-4-23-21(26)16(3)24(13-17-7-5-6-8-19(17)22)20(25)14-27-18-11-9-15(2)10-12-18/h5-12,16H,4,13-14H2,1-3H3,(H,23,26). The minimum atomic E-state index is -0.751. The molecule has 0 heterocycles. The molecule has 144 valence electrons. The van der Waals surface area contributed by atoms with Crippen LogP contribution < -0.4 is 10.1 Å². The van der Waals surface area contributed by atoms with Crippen molar-refractivity contribution in [3.05, 3.63) is 65.5 Å². The minimum absolute atomic E-state index is 0.0128. The van der Waals surface area contributed by atoms with Crippen molar-refractivity contribution in [2.75, 3.05) is 13.2 Å². The zero-order chi connectivity index (χ0) is 19.8. The van der Waals surface area contributed by atoms with Crippen LogP contribution in [0, 0.1) is 12.7 Å². The lowest BCUT2D eigenvalue weighted by molar-refractivity contribution is -0.142. The van der Waals surface area contributed by atoms with Crippen LogP contribution in [0.2, 0.25) is 0 Å². The van der Waals surface area contributed by atoms with Gasteiger partial charge in [0.15, 0.2) is 6.61 Å². The molecule has 27 heavy (non-hydrogen) atoms. The lowest BCUT2D eigenvalue weighted by Gasteiger charge is -2.28. The van der Waals surface area contributed by atoms with Gasteiger partial charge in [-0.2, -0.15) is 0 Å². The lowest BCUT2D eigenvalue weighted by atomic mass is 10.1. The van der Waals surface area contributed by atoms with E-state index in [0.717, 1.165) is 5.56 Å². The molecule has 0 spiro atoms. The molecule has 0 radical (unpaired) electrons. The summed E-state index contributed by atoms with van der Waals surface area (Å²) in [5, 5.41) is 2.69. The van der Waals surface area contributed by atoms with Gasteiger partial charge in [-0.15, -0.1) is 0 Å². The van der Waals surface area contributed by atoms with E-state index in [2.05, 4.69) is 5.32 Å². The van der Waals surface area contributed by atoms with Gasteiger partial charge in [-0.25, -0.2) is 4.39 Å². The van der Waals surface area contributed by atoms with E-state index in [1.165, 1.54) is 11.0 Å². The average Bonchev–Trinajstić information content (AvgIpc) is 2.66. The molecule has 1 unspecified atom stereocenters. The summed E-state index contributed by atoms with van der Waals surface area (Å²) >= 11 is 0. The summed E-state index contributed by atoms with van der Waals surface area (Å²) < 4.78 is 19.6. The maximum absolute atomic E-state index is 14.0. The fraction of sp³-hybridized carbons (Fsp3) is 0.333. The smallest absolute Gasteiger partial charge is 0.261 e. The number of benzene rings is 2. The summed E-state index contributed by atoms with van der Waals surface area (Å²) in [5.74, 6) is -0.543. The molecule has 0 fully saturated rings. The van der Waals surface area contributed by atoms with E-state index in [-0.39, 0.29) is 19.1 Å². The molecule has 2 aromatic carbocycles. The Morgan fingerprint density at radius 3 is 2.44 bits per heavy atom. The van der Waals surface area contributed by atoms with E-state index >= 15 is 0 Å². The third-order valence-corrected chi connectivity index (χ3v) is 4.20. The lowest BCUT2D eigenvalue weighted by Crippen LogP contribution is -2.49. The van der Waals surface area contributed by atoms with Crippen molar-refractivity contribution in [3.8, 4) is 5.75 Å². The Hall–Kier alpha value is -2.89. The Kier molecular flexibility index (Phi) is 7.34. The van der Waals surface area contributed by atoms with Crippen LogP contribution in [0.25, 0.3) is 0 Å². The van der Waals surface area contributed by atoms with E-state index < -0.39 is 17.8 Å². The molecule has 0 saturated carbocycles. The highest BCUT2D eigenvalue weighted by Crippen LogP contribution is 2.15. The maximum Gasteiger partial charge on any atom is 0.261 e. The van der Waals surface area contributed by atoms with Crippen molar-refractivity contribution in [1.82, 2.24) is 10.2 Å². The number of aryl methyl sites for hydroxylation is 1. The van der Waals surface area contributed by atoms with Crippen molar-refractivity contribution in [2.24, 2.45) is 0 Å². The highest BCUT2D eigenvalue weighted by molar-refractivity contribution is 5.87. The number of halogens is 1. The molecule has 0 aromatic heterocycles. The first-order valence-electron chi connectivity index (χ1n) is 8.92. The Labute approximate surface area is 159 Å². The number of carbonyl (C=O) groups is 2. The first kappa shape index (κ1) is 20.4. The van der Waals surface area contributed by atoms with Gasteiger partial charge in [0.05, 0.1) is 0 Å². The molecule has 1 N–H and O–H groups in total. The summed E-state index contributed by atoms with van der Waals surface area (Å²) in [6.07, 6.45) is 0. The SMILES string of the molecule is CCNC(=O)C(C)N(Cc1ccccc1F)C(=O)COc1ccc(C)cc1. The molecule has 5 nitrogen and oxygen atoms in total. The predicted molar refractivity (Wildman–Crippen MR) is 102 cm³/mol. The molecule has 1 atom stereocenters. The second-order valence-corrected chi connectivity index (χ2v) is 6.29. The summed E-state index contributed by atoms with van der Waals surface area (Å²) in [6.45, 7) is 5.58. The van der Waals surface area contributed by atoms with Crippen LogP contribution in [-0.2, 0) is 16.1 Å². The number of hydrogen-bond donors (Lipinski definition) is 1. The highest BCUT2D eigenvalue weighted by atomic mass is 19.1. The zero-order valence-electron chi connectivity index (χ0n) is 15.9. The van der Waals surface area contributed by atoms with E-state index in [0.29, 0.717) is 17.9 Å². The fourth-order valence-corrected chi connectivity index (χ4v) is 2.58. The zero-order valence-corrected chi connectivity index (χ0v) is 15.9. The third kappa shape index (κ3) is 5.81. The van der Waals surface area contributed by atoms with Gasteiger partial charge in [-0.3, -0.25) is 9.59 Å². The number of rotatable bonds is 8. The van der Waals surface area contributed by atoms with Crippen molar-refractivity contribution in [3.63, 3.8) is 0 Å². The maximum atomic E-state index is 14.0. The molecule has 0 bridgehead atoms. The van der Waals surface area contributed by atoms with Crippen molar-refractivity contribution >= 4 is 11.8 Å². The Morgan fingerprint density at radius 1 is 1.15 bits per heavy atom. The van der Waals surface area contributed by atoms with Crippen LogP contribution >= 0.6 is 0 Å². The van der Waals surface area contributed by atoms with Crippen LogP contribution in [0.5, 0.6) is 5.75 Å². The Bertz CT molecular complexity index is 777. The topological polar surface area (TPSA) is 58.6 Å². The number of nitrogens with zero attached hydrogens (tertiary/aromatic N) is 1. The molecule has 0 saturated heterocycles. The van der Waals surface area contributed by atoms with Crippen LogP contribution in [0.15, 0.2) is 48.5 Å². The molecule has 0 aliphatic rings. The van der Waals surface area contributed by atoms with Gasteiger partial charge in [0.1, 0.15) is 17.6 Å². The summed E-state index contributed by atoms with van der Waals surface area (Å²) in [6, 6.07) is 12.8. The minimum Gasteiger partial charge on any atom is -0.484 e. The first-order valence-corrected chi connectivity index (χ1v) is 8.92. The normalized spacial score (nSPS) is 11.6. The van der Waals surface area contributed by atoms with Gasteiger partial charge in [0, 0.05) is 18.7 Å². The molecular formula is C21H25FN2O3. The first-order chi connectivity index (χ1) is 12.9. The fourth-order valence-electron chi connectivity index (χ4n) is 2.58. The Morgan fingerprint density at radius 2 is 1.81 bits per heavy atom. The summed E-state index contributed by atoms with van der Waals surface area (Å²) in [4.78, 5) is 26.3. The second kappa shape index (κ2) is 9.71. The van der Waals surface area contributed by atoms with Crippen molar-refractivity contribution in [2.45, 2.75) is 33.4 Å². The van der Waals surface area contributed by atoms with Crippen LogP contribution in [0.4, 0.5) is 4.39 Å². The summed E-state index contributed by atoms with van der Waals surface area (Å²) in [5.41, 5.74) is 1.43. The molecule has 0 aliphatic carbocycles. The van der Waals surface area contributed by atoms with Gasteiger partial charge in [-0.05, 0) is 39.0 Å². The number of hydrogen-bond acceptors (Lipinski definition) is 3. The number of ether oxygens (including phenoxy) is 1. The average molecular weight is 372 g/mol. The molecule has 0 aliphatic heterocycles. The van der Waals surface area contributed by atoms with Crippen LogP contribution in [0.3, 0.4) is 0 Å². The highest BCUT2D eigenvalue weighted by Gasteiger charge is 2.26. The quantitative estimate of drug-likeness (QED) is 0.775. The van der Waals surface area contributed by atoms with Gasteiger partial charge >= 0.3 is 0 Å². The van der Waals surface area contributed by atoms with Gasteiger partial charge in [0.25, 0.3) is 5.91 Å². The third-order valence-electron chi connectivity index (χ3n) is 4.20. The number of nitrogens with one attached hydrogen (secondary N) is 1. The van der Waals surface area contributed by atoms with E-state index in [4.69, 9.17) is 4.74 Å². The molecular weight excluding hydrogens is 347 g/mol. The largest absolute Gasteiger partial charge is 0.484 e. The number of carbonyl (C=O) groups excluding carboxylic acids is 2. The van der Waals surface area contributed by atoms with Crippen LogP contribution in [0.1, 0.15) is 25.0 Å². The number of likely N-dealkylation sites (N-methyl/N-ethyl adjacent to an activating group) is 1. The molecule has 2 aromatic rings. The number of amides is 2. The van der Waals surface area contributed by atoms with Gasteiger partial charge < -0.3 is 15.0 Å². The van der Waals surface area contributed by atoms with Gasteiger partial charge in [-0.1, -0.05) is 35.9 Å².